The summed E-state index contributed by atoms with van der Waals surface area (Å²) in [5.74, 6) is 0.682. The summed E-state index contributed by atoms with van der Waals surface area (Å²) in [5, 5.41) is 6.16. The predicted molar refractivity (Wildman–Crippen MR) is 101 cm³/mol. The van der Waals surface area contributed by atoms with Crippen LogP contribution in [0.4, 0.5) is 11.4 Å². The van der Waals surface area contributed by atoms with Crippen molar-refractivity contribution in [3.05, 3.63) is 90.0 Å². The Morgan fingerprint density at radius 2 is 1.60 bits per heavy atom. The van der Waals surface area contributed by atoms with Crippen molar-refractivity contribution in [2.45, 2.75) is 6.92 Å². The lowest BCUT2D eigenvalue weighted by molar-refractivity contribution is 0.102. The van der Waals surface area contributed by atoms with E-state index in [1.54, 1.807) is 12.1 Å². The second-order valence-electron chi connectivity index (χ2n) is 5.63. The number of anilines is 2. The lowest BCUT2D eigenvalue weighted by atomic mass is 10.1. The lowest BCUT2D eigenvalue weighted by Gasteiger charge is -2.13. The van der Waals surface area contributed by atoms with Gasteiger partial charge in [0.1, 0.15) is 5.75 Å². The molecule has 126 valence electrons. The molecule has 0 bridgehead atoms. The Bertz CT molecular complexity index is 833. The molecule has 0 aromatic heterocycles. The minimum Gasteiger partial charge on any atom is -0.473 e. The van der Waals surface area contributed by atoms with Crippen LogP contribution in [-0.4, -0.2) is 12.6 Å². The molecular weight excluding hydrogens is 312 g/mol. The molecule has 0 spiro atoms. The van der Waals surface area contributed by atoms with Crippen molar-refractivity contribution >= 4 is 17.3 Å². The van der Waals surface area contributed by atoms with Gasteiger partial charge in [-0.3, -0.25) is 4.79 Å². The van der Waals surface area contributed by atoms with Gasteiger partial charge in [0.25, 0.3) is 5.91 Å². The maximum atomic E-state index is 12.3. The molecular formula is C21H20N2O2. The largest absolute Gasteiger partial charge is 0.473 e. The molecule has 0 atom stereocenters. The van der Waals surface area contributed by atoms with E-state index in [1.165, 1.54) is 0 Å². The summed E-state index contributed by atoms with van der Waals surface area (Å²) in [7, 11) is 0. The van der Waals surface area contributed by atoms with E-state index in [-0.39, 0.29) is 5.91 Å². The van der Waals surface area contributed by atoms with Crippen LogP contribution in [-0.2, 0) is 0 Å². The number of rotatable bonds is 6. The van der Waals surface area contributed by atoms with Gasteiger partial charge < -0.3 is 15.4 Å². The molecule has 0 aliphatic heterocycles. The Kier molecular flexibility index (Phi) is 5.32. The first-order valence-corrected chi connectivity index (χ1v) is 8.11. The number of nitrogens with one attached hydrogen (secondary N) is 2. The second kappa shape index (κ2) is 8.02. The standard InChI is InChI=1S/C21H20N2O2/c1-16-12-13-18(22-15-25-19-10-6-3-7-11-19)14-20(16)23-21(24)17-8-4-2-5-9-17/h2-14,22H,15H2,1H3,(H,23,24). The second-order valence-corrected chi connectivity index (χ2v) is 5.63. The van der Waals surface area contributed by atoms with Crippen molar-refractivity contribution < 1.29 is 9.53 Å². The van der Waals surface area contributed by atoms with Crippen molar-refractivity contribution in [2.75, 3.05) is 17.4 Å². The van der Waals surface area contributed by atoms with Crippen LogP contribution in [0.25, 0.3) is 0 Å². The molecule has 4 nitrogen and oxygen atoms in total. The van der Waals surface area contributed by atoms with Crippen LogP contribution in [0.2, 0.25) is 0 Å². The number of amides is 1. The Hall–Kier alpha value is -3.27. The van der Waals surface area contributed by atoms with Crippen molar-refractivity contribution in [2.24, 2.45) is 0 Å². The molecule has 3 aromatic rings. The fourth-order valence-electron chi connectivity index (χ4n) is 2.37. The van der Waals surface area contributed by atoms with Crippen LogP contribution in [0.1, 0.15) is 15.9 Å². The van der Waals surface area contributed by atoms with E-state index in [0.717, 1.165) is 22.7 Å². The number of carbonyl (C=O) groups is 1. The molecule has 0 saturated heterocycles. The third kappa shape index (κ3) is 4.61. The van der Waals surface area contributed by atoms with Crippen LogP contribution in [0, 0.1) is 6.92 Å². The van der Waals surface area contributed by atoms with E-state index in [9.17, 15) is 4.79 Å². The van der Waals surface area contributed by atoms with Gasteiger partial charge in [-0.2, -0.15) is 0 Å². The maximum Gasteiger partial charge on any atom is 0.255 e. The van der Waals surface area contributed by atoms with Crippen LogP contribution in [0.15, 0.2) is 78.9 Å². The smallest absolute Gasteiger partial charge is 0.255 e. The highest BCUT2D eigenvalue weighted by Gasteiger charge is 2.08. The summed E-state index contributed by atoms with van der Waals surface area (Å²) >= 11 is 0. The number of ether oxygens (including phenoxy) is 1. The minimum atomic E-state index is -0.124. The third-order valence-corrected chi connectivity index (χ3v) is 3.78. The number of para-hydroxylation sites is 1. The lowest BCUT2D eigenvalue weighted by Crippen LogP contribution is -2.13. The first kappa shape index (κ1) is 16.6. The average molecular weight is 332 g/mol. The fraction of sp³-hybridized carbons (Fsp3) is 0.0952. The highest BCUT2D eigenvalue weighted by Crippen LogP contribution is 2.21. The number of carbonyl (C=O) groups excluding carboxylic acids is 1. The van der Waals surface area contributed by atoms with Crippen LogP contribution < -0.4 is 15.4 Å². The molecule has 0 aliphatic carbocycles. The molecule has 25 heavy (non-hydrogen) atoms. The summed E-state index contributed by atoms with van der Waals surface area (Å²) in [5.41, 5.74) is 3.29. The number of hydrogen-bond acceptors (Lipinski definition) is 3. The normalized spacial score (nSPS) is 10.1. The highest BCUT2D eigenvalue weighted by atomic mass is 16.5. The van der Waals surface area contributed by atoms with Crippen molar-refractivity contribution in [3.8, 4) is 5.75 Å². The van der Waals surface area contributed by atoms with Crippen LogP contribution >= 0.6 is 0 Å². The zero-order valence-electron chi connectivity index (χ0n) is 14.0. The maximum absolute atomic E-state index is 12.3. The van der Waals surface area contributed by atoms with E-state index >= 15 is 0 Å². The molecule has 0 saturated carbocycles. The van der Waals surface area contributed by atoms with Crippen LogP contribution in [0.5, 0.6) is 5.75 Å². The van der Waals surface area contributed by atoms with E-state index in [2.05, 4.69) is 10.6 Å². The molecule has 0 aliphatic rings. The Morgan fingerprint density at radius 3 is 2.32 bits per heavy atom. The molecule has 4 heteroatoms. The van der Waals surface area contributed by atoms with Gasteiger partial charge in [0.2, 0.25) is 0 Å². The molecule has 0 fully saturated rings. The number of benzene rings is 3. The molecule has 3 aromatic carbocycles. The van der Waals surface area contributed by atoms with Gasteiger partial charge in [0.15, 0.2) is 6.73 Å². The Morgan fingerprint density at radius 1 is 0.920 bits per heavy atom. The molecule has 0 heterocycles. The zero-order chi connectivity index (χ0) is 17.5. The van der Waals surface area contributed by atoms with Crippen LogP contribution in [0.3, 0.4) is 0 Å². The van der Waals surface area contributed by atoms with Gasteiger partial charge >= 0.3 is 0 Å². The number of hydrogen-bond donors (Lipinski definition) is 2. The molecule has 0 unspecified atom stereocenters. The van der Waals surface area contributed by atoms with Gasteiger partial charge in [-0.05, 0) is 48.9 Å². The molecule has 2 N–H and O–H groups in total. The minimum absolute atomic E-state index is 0.124. The van der Waals surface area contributed by atoms with Gasteiger partial charge in [-0.1, -0.05) is 42.5 Å². The third-order valence-electron chi connectivity index (χ3n) is 3.78. The van der Waals surface area contributed by atoms with E-state index in [1.807, 2.05) is 73.7 Å². The predicted octanol–water partition coefficient (Wildman–Crippen LogP) is 4.70. The topological polar surface area (TPSA) is 50.4 Å². The first-order chi connectivity index (χ1) is 12.2. The van der Waals surface area contributed by atoms with E-state index < -0.39 is 0 Å². The summed E-state index contributed by atoms with van der Waals surface area (Å²) < 4.78 is 5.63. The zero-order valence-corrected chi connectivity index (χ0v) is 14.0. The summed E-state index contributed by atoms with van der Waals surface area (Å²) in [4.78, 5) is 12.3. The van der Waals surface area contributed by atoms with Gasteiger partial charge in [-0.15, -0.1) is 0 Å². The summed E-state index contributed by atoms with van der Waals surface area (Å²) in [6.07, 6.45) is 0. The quantitative estimate of drug-likeness (QED) is 0.644. The SMILES string of the molecule is Cc1ccc(NCOc2ccccc2)cc1NC(=O)c1ccccc1. The molecule has 1 amide bonds. The van der Waals surface area contributed by atoms with Gasteiger partial charge in [0.05, 0.1) is 0 Å². The average Bonchev–Trinajstić information content (AvgIpc) is 2.66. The monoisotopic (exact) mass is 332 g/mol. The summed E-state index contributed by atoms with van der Waals surface area (Å²) in [6, 6.07) is 24.6. The highest BCUT2D eigenvalue weighted by molar-refractivity contribution is 6.04. The Labute approximate surface area is 147 Å². The van der Waals surface area contributed by atoms with E-state index in [4.69, 9.17) is 4.74 Å². The summed E-state index contributed by atoms with van der Waals surface area (Å²) in [6.45, 7) is 2.31. The first-order valence-electron chi connectivity index (χ1n) is 8.11. The Balaban J connectivity index is 1.63. The van der Waals surface area contributed by atoms with Gasteiger partial charge in [-0.25, -0.2) is 0 Å². The van der Waals surface area contributed by atoms with Gasteiger partial charge in [0, 0.05) is 16.9 Å². The van der Waals surface area contributed by atoms with Crippen molar-refractivity contribution in [1.82, 2.24) is 0 Å². The molecule has 3 rings (SSSR count). The van der Waals surface area contributed by atoms with Crippen molar-refractivity contribution in [3.63, 3.8) is 0 Å². The van der Waals surface area contributed by atoms with Crippen molar-refractivity contribution in [1.29, 1.82) is 0 Å². The molecule has 0 radical (unpaired) electrons. The van der Waals surface area contributed by atoms with E-state index in [0.29, 0.717) is 12.3 Å². The number of aryl methyl sites for hydroxylation is 1. The fourth-order valence-corrected chi connectivity index (χ4v) is 2.37.